The van der Waals surface area contributed by atoms with E-state index in [0.717, 1.165) is 32.6 Å². The lowest BCUT2D eigenvalue weighted by Crippen LogP contribution is -1.84. The predicted octanol–water partition coefficient (Wildman–Crippen LogP) is 8.37. The third kappa shape index (κ3) is 5.18. The second-order valence-electron chi connectivity index (χ2n) is 8.04. The number of rotatable bonds is 9. The van der Waals surface area contributed by atoms with Crippen molar-refractivity contribution in [2.45, 2.75) is 31.3 Å². The molecule has 0 radical (unpaired) electrons. The van der Waals surface area contributed by atoms with E-state index in [1.54, 1.807) is 45.1 Å². The van der Waals surface area contributed by atoms with Crippen LogP contribution in [-0.4, -0.2) is 19.2 Å². The molecule has 6 rings (SSSR count). The number of thioether (sulfide) groups is 2. The maximum absolute atomic E-state index is 4.91. The summed E-state index contributed by atoms with van der Waals surface area (Å²) in [7, 11) is 3.55. The summed E-state index contributed by atoms with van der Waals surface area (Å²) in [5, 5.41) is 11.9. The molecule has 0 unspecified atom stereocenters. The van der Waals surface area contributed by atoms with E-state index in [2.05, 4.69) is 84.9 Å². The highest BCUT2D eigenvalue weighted by Gasteiger charge is 2.19. The smallest absolute Gasteiger partial charge is 0.134 e. The fourth-order valence-corrected chi connectivity index (χ4v) is 8.83. The van der Waals surface area contributed by atoms with E-state index >= 15 is 0 Å². The minimum absolute atomic E-state index is 0.887. The maximum Gasteiger partial charge on any atom is 0.134 e. The standard InChI is InChI=1S/C28H22N4S4/c1-3-11-21(12-4-1)19-33-27-25(23-15-7-9-17-31(23)29-27)35-36-26-24-16-8-10-18-32(24)30-28(26)34-20-22-13-5-2-6-14-22/h1-18H,19-20H2. The van der Waals surface area contributed by atoms with Crippen molar-refractivity contribution in [1.29, 1.82) is 0 Å². The second kappa shape index (κ2) is 11.1. The van der Waals surface area contributed by atoms with Gasteiger partial charge in [0.2, 0.25) is 0 Å². The molecule has 0 amide bonds. The molecule has 4 aromatic heterocycles. The SMILES string of the molecule is c1ccc(CSc2nn3ccccc3c2SSc2c(SCc3ccccc3)nn3ccccc23)cc1. The highest BCUT2D eigenvalue weighted by molar-refractivity contribution is 8.76. The Bertz CT molecular complexity index is 1470. The van der Waals surface area contributed by atoms with Crippen molar-refractivity contribution >= 4 is 56.1 Å². The van der Waals surface area contributed by atoms with E-state index in [1.165, 1.54) is 20.9 Å². The van der Waals surface area contributed by atoms with Crippen molar-refractivity contribution in [2.24, 2.45) is 0 Å². The molecule has 0 aliphatic carbocycles. The lowest BCUT2D eigenvalue weighted by Gasteiger charge is -2.05. The largest absolute Gasteiger partial charge is 0.239 e. The molecule has 0 saturated carbocycles. The highest BCUT2D eigenvalue weighted by atomic mass is 33.1. The molecule has 4 nitrogen and oxygen atoms in total. The Morgan fingerprint density at radius 3 is 1.36 bits per heavy atom. The fourth-order valence-electron chi connectivity index (χ4n) is 3.79. The summed E-state index contributed by atoms with van der Waals surface area (Å²) in [6.45, 7) is 0. The lowest BCUT2D eigenvalue weighted by molar-refractivity contribution is 0.894. The zero-order valence-electron chi connectivity index (χ0n) is 19.2. The molecular formula is C28H22N4S4. The van der Waals surface area contributed by atoms with Gasteiger partial charge in [0.05, 0.1) is 20.8 Å². The quantitative estimate of drug-likeness (QED) is 0.135. The van der Waals surface area contributed by atoms with Crippen molar-refractivity contribution in [1.82, 2.24) is 19.2 Å². The van der Waals surface area contributed by atoms with Gasteiger partial charge >= 0.3 is 0 Å². The van der Waals surface area contributed by atoms with Crippen LogP contribution in [0.25, 0.3) is 11.0 Å². The van der Waals surface area contributed by atoms with Gasteiger partial charge in [0.15, 0.2) is 0 Å². The van der Waals surface area contributed by atoms with Crippen LogP contribution in [-0.2, 0) is 11.5 Å². The molecule has 2 aromatic carbocycles. The van der Waals surface area contributed by atoms with Gasteiger partial charge in [-0.15, -0.1) is 0 Å². The van der Waals surface area contributed by atoms with E-state index in [0.29, 0.717) is 0 Å². The summed E-state index contributed by atoms with van der Waals surface area (Å²) in [6, 6.07) is 33.6. The van der Waals surface area contributed by atoms with Crippen LogP contribution in [0.5, 0.6) is 0 Å². The predicted molar refractivity (Wildman–Crippen MR) is 154 cm³/mol. The molecule has 6 aromatic rings. The summed E-state index contributed by atoms with van der Waals surface area (Å²) in [4.78, 5) is 2.38. The van der Waals surface area contributed by atoms with Crippen LogP contribution >= 0.6 is 45.1 Å². The summed E-state index contributed by atoms with van der Waals surface area (Å²) in [5.41, 5.74) is 4.84. The molecule has 0 spiro atoms. The first-order valence-corrected chi connectivity index (χ1v) is 15.6. The zero-order chi connectivity index (χ0) is 24.2. The molecule has 0 N–H and O–H groups in total. The van der Waals surface area contributed by atoms with E-state index in [9.17, 15) is 0 Å². The molecule has 0 fully saturated rings. The Morgan fingerprint density at radius 2 is 0.917 bits per heavy atom. The van der Waals surface area contributed by atoms with E-state index < -0.39 is 0 Å². The van der Waals surface area contributed by atoms with Gasteiger partial charge in [-0.1, -0.05) is 96.3 Å². The fraction of sp³-hybridized carbons (Fsp3) is 0.0714. The third-order valence-corrected chi connectivity index (χ3v) is 10.4. The number of hydrogen-bond acceptors (Lipinski definition) is 6. The first kappa shape index (κ1) is 23.6. The second-order valence-corrected chi connectivity index (χ2v) is 12.1. The summed E-state index contributed by atoms with van der Waals surface area (Å²) >= 11 is 3.57. The van der Waals surface area contributed by atoms with E-state index in [1.807, 2.05) is 33.6 Å². The highest BCUT2D eigenvalue weighted by Crippen LogP contribution is 2.48. The first-order chi connectivity index (χ1) is 17.8. The number of aromatic nitrogens is 4. The van der Waals surface area contributed by atoms with Gasteiger partial charge in [0, 0.05) is 23.9 Å². The van der Waals surface area contributed by atoms with Crippen molar-refractivity contribution in [3.05, 3.63) is 121 Å². The van der Waals surface area contributed by atoms with Gasteiger partial charge in [-0.3, -0.25) is 0 Å². The number of benzene rings is 2. The van der Waals surface area contributed by atoms with Gasteiger partial charge in [0.25, 0.3) is 0 Å². The molecule has 8 heteroatoms. The molecule has 36 heavy (non-hydrogen) atoms. The zero-order valence-corrected chi connectivity index (χ0v) is 22.5. The number of pyridine rings is 2. The summed E-state index contributed by atoms with van der Waals surface area (Å²) in [5.74, 6) is 1.77. The number of hydrogen-bond donors (Lipinski definition) is 0. The normalized spacial score (nSPS) is 11.4. The number of nitrogens with zero attached hydrogens (tertiary/aromatic N) is 4. The van der Waals surface area contributed by atoms with Crippen LogP contribution in [0.15, 0.2) is 129 Å². The van der Waals surface area contributed by atoms with Gasteiger partial charge in [-0.05, 0) is 57.0 Å². The van der Waals surface area contributed by atoms with Crippen LogP contribution in [0.3, 0.4) is 0 Å². The average molecular weight is 543 g/mol. The molecule has 0 atom stereocenters. The van der Waals surface area contributed by atoms with Gasteiger partial charge < -0.3 is 0 Å². The van der Waals surface area contributed by atoms with Crippen molar-refractivity contribution in [2.75, 3.05) is 0 Å². The Hall–Kier alpha value is -2.78. The van der Waals surface area contributed by atoms with Crippen LogP contribution in [0.2, 0.25) is 0 Å². The Kier molecular flexibility index (Phi) is 7.27. The third-order valence-electron chi connectivity index (χ3n) is 5.57. The Labute approximate surface area is 226 Å². The summed E-state index contributed by atoms with van der Waals surface area (Å²) in [6.07, 6.45) is 4.04. The molecular weight excluding hydrogens is 521 g/mol. The maximum atomic E-state index is 4.91. The van der Waals surface area contributed by atoms with Gasteiger partial charge in [-0.2, -0.15) is 10.2 Å². The van der Waals surface area contributed by atoms with Crippen molar-refractivity contribution < 1.29 is 0 Å². The van der Waals surface area contributed by atoms with Gasteiger partial charge in [-0.25, -0.2) is 9.03 Å². The first-order valence-electron chi connectivity index (χ1n) is 11.5. The molecule has 0 aliphatic rings. The number of fused-ring (bicyclic) bond motifs is 2. The van der Waals surface area contributed by atoms with E-state index in [4.69, 9.17) is 10.2 Å². The molecule has 0 saturated heterocycles. The molecule has 4 heterocycles. The molecule has 178 valence electrons. The van der Waals surface area contributed by atoms with Crippen molar-refractivity contribution in [3.63, 3.8) is 0 Å². The van der Waals surface area contributed by atoms with Crippen LogP contribution in [0.1, 0.15) is 11.1 Å². The van der Waals surface area contributed by atoms with Crippen LogP contribution in [0.4, 0.5) is 0 Å². The minimum atomic E-state index is 0.887. The monoisotopic (exact) mass is 542 g/mol. The topological polar surface area (TPSA) is 34.6 Å². The lowest BCUT2D eigenvalue weighted by atomic mass is 10.2. The Balaban J connectivity index is 1.29. The molecule has 0 bridgehead atoms. The van der Waals surface area contributed by atoms with Crippen LogP contribution < -0.4 is 0 Å². The van der Waals surface area contributed by atoms with E-state index in [-0.39, 0.29) is 0 Å². The van der Waals surface area contributed by atoms with Crippen molar-refractivity contribution in [3.8, 4) is 0 Å². The average Bonchev–Trinajstić information content (AvgIpc) is 3.48. The van der Waals surface area contributed by atoms with Crippen LogP contribution in [0, 0.1) is 0 Å². The van der Waals surface area contributed by atoms with Gasteiger partial charge in [0.1, 0.15) is 10.1 Å². The Morgan fingerprint density at radius 1 is 0.500 bits per heavy atom. The molecule has 0 aliphatic heterocycles. The summed E-state index contributed by atoms with van der Waals surface area (Å²) < 4.78 is 3.97. The minimum Gasteiger partial charge on any atom is -0.239 e.